The molecule has 0 aliphatic rings. The van der Waals surface area contributed by atoms with Crippen molar-refractivity contribution in [2.75, 3.05) is 0 Å². The summed E-state index contributed by atoms with van der Waals surface area (Å²) in [5.41, 5.74) is 1.99. The molecule has 0 aliphatic carbocycles. The van der Waals surface area contributed by atoms with E-state index >= 15 is 0 Å². The van der Waals surface area contributed by atoms with Crippen molar-refractivity contribution in [2.24, 2.45) is 5.92 Å². The van der Waals surface area contributed by atoms with E-state index in [1.54, 1.807) is 0 Å². The van der Waals surface area contributed by atoms with Crippen LogP contribution in [0.3, 0.4) is 0 Å². The second-order valence-electron chi connectivity index (χ2n) is 5.95. The van der Waals surface area contributed by atoms with E-state index in [0.717, 1.165) is 23.6 Å². The fourth-order valence-corrected chi connectivity index (χ4v) is 2.28. The molecule has 3 heteroatoms. The van der Waals surface area contributed by atoms with Gasteiger partial charge >= 0.3 is 5.97 Å². The quantitative estimate of drug-likeness (QED) is 0.725. The first-order valence-corrected chi connectivity index (χ1v) is 7.51. The first kappa shape index (κ1) is 16.7. The molecule has 1 unspecified atom stereocenters. The Bertz CT molecular complexity index is 415. The number of rotatable bonds is 9. The highest BCUT2D eigenvalue weighted by Gasteiger charge is 2.08. The molecule has 0 heterocycles. The molecular weight excluding hydrogens is 250 g/mol. The van der Waals surface area contributed by atoms with Crippen LogP contribution in [0.2, 0.25) is 0 Å². The maximum Gasteiger partial charge on any atom is 0.307 e. The van der Waals surface area contributed by atoms with Crippen LogP contribution < -0.4 is 5.32 Å². The number of nitrogens with one attached hydrogen (secondary N) is 1. The van der Waals surface area contributed by atoms with Crippen LogP contribution in [0.4, 0.5) is 0 Å². The predicted molar refractivity (Wildman–Crippen MR) is 82.8 cm³/mol. The van der Waals surface area contributed by atoms with Crippen molar-refractivity contribution in [1.82, 2.24) is 5.32 Å². The number of hydrogen-bond acceptors (Lipinski definition) is 2. The third-order valence-corrected chi connectivity index (χ3v) is 3.52. The van der Waals surface area contributed by atoms with E-state index in [4.69, 9.17) is 5.11 Å². The molecule has 0 bridgehead atoms. The van der Waals surface area contributed by atoms with E-state index in [2.05, 4.69) is 26.1 Å². The van der Waals surface area contributed by atoms with Gasteiger partial charge in [-0.1, -0.05) is 51.0 Å². The number of aliphatic carboxylic acids is 1. The Morgan fingerprint density at radius 2 is 1.80 bits per heavy atom. The van der Waals surface area contributed by atoms with E-state index < -0.39 is 5.97 Å². The summed E-state index contributed by atoms with van der Waals surface area (Å²) in [4.78, 5) is 10.8. The average Bonchev–Trinajstić information content (AvgIpc) is 2.36. The summed E-state index contributed by atoms with van der Waals surface area (Å²) in [5, 5.41) is 12.4. The summed E-state index contributed by atoms with van der Waals surface area (Å²) < 4.78 is 0. The highest BCUT2D eigenvalue weighted by atomic mass is 16.4. The molecule has 2 N–H and O–H groups in total. The zero-order chi connectivity index (χ0) is 15.0. The van der Waals surface area contributed by atoms with Crippen LogP contribution in [-0.4, -0.2) is 17.1 Å². The lowest BCUT2D eigenvalue weighted by molar-refractivity contribution is -0.136. The minimum atomic E-state index is -0.776. The highest BCUT2D eigenvalue weighted by molar-refractivity contribution is 5.70. The van der Waals surface area contributed by atoms with Gasteiger partial charge in [0, 0.05) is 12.6 Å². The van der Waals surface area contributed by atoms with Gasteiger partial charge in [-0.2, -0.15) is 0 Å². The molecule has 1 aromatic carbocycles. The van der Waals surface area contributed by atoms with Gasteiger partial charge in [-0.15, -0.1) is 0 Å². The van der Waals surface area contributed by atoms with Crippen molar-refractivity contribution < 1.29 is 9.90 Å². The lowest BCUT2D eigenvalue weighted by Gasteiger charge is -2.16. The fraction of sp³-hybridized carbons (Fsp3) is 0.588. The molecule has 0 spiro atoms. The Morgan fingerprint density at radius 1 is 1.15 bits per heavy atom. The largest absolute Gasteiger partial charge is 0.481 e. The van der Waals surface area contributed by atoms with Crippen molar-refractivity contribution in [3.8, 4) is 0 Å². The zero-order valence-electron chi connectivity index (χ0n) is 12.9. The summed E-state index contributed by atoms with van der Waals surface area (Å²) in [6.45, 7) is 7.44. The van der Waals surface area contributed by atoms with Crippen LogP contribution in [-0.2, 0) is 17.8 Å². The number of carboxylic acids is 1. The molecule has 1 rings (SSSR count). The van der Waals surface area contributed by atoms with Gasteiger partial charge in [0.1, 0.15) is 0 Å². The third-order valence-electron chi connectivity index (χ3n) is 3.52. The fourth-order valence-electron chi connectivity index (χ4n) is 2.28. The van der Waals surface area contributed by atoms with E-state index in [9.17, 15) is 4.79 Å². The van der Waals surface area contributed by atoms with E-state index in [1.807, 2.05) is 24.3 Å². The monoisotopic (exact) mass is 277 g/mol. The summed E-state index contributed by atoms with van der Waals surface area (Å²) in [5.74, 6) is -0.0130. The Labute approximate surface area is 122 Å². The van der Waals surface area contributed by atoms with Crippen molar-refractivity contribution in [2.45, 2.75) is 59.0 Å². The smallest absolute Gasteiger partial charge is 0.307 e. The SMILES string of the molecule is CC(C)CCCC(C)NCc1ccccc1CC(=O)O. The number of carbonyl (C=O) groups is 1. The Balaban J connectivity index is 2.42. The van der Waals surface area contributed by atoms with Crippen LogP contribution in [0.1, 0.15) is 51.2 Å². The van der Waals surface area contributed by atoms with Gasteiger partial charge in [0.2, 0.25) is 0 Å². The van der Waals surface area contributed by atoms with Gasteiger partial charge in [0.25, 0.3) is 0 Å². The van der Waals surface area contributed by atoms with Crippen LogP contribution in [0.5, 0.6) is 0 Å². The molecule has 0 saturated heterocycles. The Hall–Kier alpha value is -1.35. The maximum atomic E-state index is 10.8. The van der Waals surface area contributed by atoms with Crippen LogP contribution in [0, 0.1) is 5.92 Å². The van der Waals surface area contributed by atoms with Crippen LogP contribution in [0.15, 0.2) is 24.3 Å². The van der Waals surface area contributed by atoms with Crippen LogP contribution in [0.25, 0.3) is 0 Å². The average molecular weight is 277 g/mol. The van der Waals surface area contributed by atoms with Crippen molar-refractivity contribution in [3.05, 3.63) is 35.4 Å². The van der Waals surface area contributed by atoms with Gasteiger partial charge in [-0.3, -0.25) is 4.79 Å². The van der Waals surface area contributed by atoms with E-state index in [1.165, 1.54) is 19.3 Å². The molecule has 0 amide bonds. The van der Waals surface area contributed by atoms with Gasteiger partial charge in [0.15, 0.2) is 0 Å². The normalized spacial score (nSPS) is 12.6. The van der Waals surface area contributed by atoms with Gasteiger partial charge in [-0.05, 0) is 30.4 Å². The Morgan fingerprint density at radius 3 is 2.40 bits per heavy atom. The summed E-state index contributed by atoms with van der Waals surface area (Å²) >= 11 is 0. The molecule has 1 atom stereocenters. The standard InChI is InChI=1S/C17H27NO2/c1-13(2)7-6-8-14(3)18-12-16-10-5-4-9-15(16)11-17(19)20/h4-5,9-10,13-14,18H,6-8,11-12H2,1-3H3,(H,19,20). The van der Waals surface area contributed by atoms with E-state index in [0.29, 0.717) is 6.04 Å². The third kappa shape index (κ3) is 6.71. The minimum Gasteiger partial charge on any atom is -0.481 e. The van der Waals surface area contributed by atoms with Crippen molar-refractivity contribution in [3.63, 3.8) is 0 Å². The van der Waals surface area contributed by atoms with Gasteiger partial charge < -0.3 is 10.4 Å². The van der Waals surface area contributed by atoms with Crippen LogP contribution >= 0.6 is 0 Å². The summed E-state index contributed by atoms with van der Waals surface area (Å²) in [7, 11) is 0. The zero-order valence-corrected chi connectivity index (χ0v) is 12.9. The van der Waals surface area contributed by atoms with Gasteiger partial charge in [0.05, 0.1) is 6.42 Å². The molecule has 3 nitrogen and oxygen atoms in total. The minimum absolute atomic E-state index is 0.0968. The van der Waals surface area contributed by atoms with Gasteiger partial charge in [-0.25, -0.2) is 0 Å². The predicted octanol–water partition coefficient (Wildman–Crippen LogP) is 3.62. The molecule has 0 aliphatic heterocycles. The molecule has 112 valence electrons. The topological polar surface area (TPSA) is 49.3 Å². The molecule has 1 aromatic rings. The first-order valence-electron chi connectivity index (χ1n) is 7.51. The maximum absolute atomic E-state index is 10.8. The Kier molecular flexibility index (Phi) is 7.31. The molecule has 0 aromatic heterocycles. The number of carboxylic acid groups (broad SMARTS) is 1. The lowest BCUT2D eigenvalue weighted by atomic mass is 10.0. The molecule has 0 radical (unpaired) electrons. The van der Waals surface area contributed by atoms with E-state index in [-0.39, 0.29) is 6.42 Å². The molecule has 0 fully saturated rings. The lowest BCUT2D eigenvalue weighted by Crippen LogP contribution is -2.26. The molecule has 0 saturated carbocycles. The van der Waals surface area contributed by atoms with Crippen molar-refractivity contribution in [1.29, 1.82) is 0 Å². The summed E-state index contributed by atoms with van der Waals surface area (Å²) in [6.07, 6.45) is 3.77. The molecular formula is C17H27NO2. The molecule has 20 heavy (non-hydrogen) atoms. The highest BCUT2D eigenvalue weighted by Crippen LogP contribution is 2.12. The van der Waals surface area contributed by atoms with Crippen molar-refractivity contribution >= 4 is 5.97 Å². The first-order chi connectivity index (χ1) is 9.49. The summed E-state index contributed by atoms with van der Waals surface area (Å²) in [6, 6.07) is 8.23. The number of hydrogen-bond donors (Lipinski definition) is 2. The second kappa shape index (κ2) is 8.75. The number of benzene rings is 1. The second-order valence-corrected chi connectivity index (χ2v) is 5.95.